The molecule has 2 rings (SSSR count). The van der Waals surface area contributed by atoms with Gasteiger partial charge in [-0.15, -0.1) is 22.9 Å². The average Bonchev–Trinajstić information content (AvgIpc) is 2.96. The number of carbonyl (C=O) groups is 2. The van der Waals surface area contributed by atoms with Crippen molar-refractivity contribution < 1.29 is 9.59 Å². The second-order valence-electron chi connectivity index (χ2n) is 4.68. The Morgan fingerprint density at radius 3 is 3.05 bits per heavy atom. The number of rotatable bonds is 4. The predicted molar refractivity (Wildman–Crippen MR) is 79.1 cm³/mol. The Kier molecular flexibility index (Phi) is 5.37. The quantitative estimate of drug-likeness (QED) is 0.866. The monoisotopic (exact) mass is 315 g/mol. The molecule has 1 N–H and O–H groups in total. The number of nitrogens with zero attached hydrogens (tertiary/aromatic N) is 2. The SMILES string of the molecule is CNC(=O)c1cnc(C2CCCCN2C(=O)CCCl)s1. The summed E-state index contributed by atoms with van der Waals surface area (Å²) in [6.07, 6.45) is 4.92. The third-order valence-corrected chi connectivity index (χ3v) is 4.68. The van der Waals surface area contributed by atoms with Crippen molar-refractivity contribution in [2.45, 2.75) is 31.7 Å². The van der Waals surface area contributed by atoms with E-state index in [1.165, 1.54) is 11.3 Å². The van der Waals surface area contributed by atoms with Crippen LogP contribution in [0.2, 0.25) is 0 Å². The summed E-state index contributed by atoms with van der Waals surface area (Å²) in [6, 6.07) is -0.0112. The summed E-state index contributed by atoms with van der Waals surface area (Å²) in [7, 11) is 1.60. The second-order valence-corrected chi connectivity index (χ2v) is 6.12. The molecule has 0 radical (unpaired) electrons. The van der Waals surface area contributed by atoms with Gasteiger partial charge in [0.2, 0.25) is 5.91 Å². The van der Waals surface area contributed by atoms with Gasteiger partial charge in [0.25, 0.3) is 5.91 Å². The molecule has 1 atom stereocenters. The lowest BCUT2D eigenvalue weighted by Crippen LogP contribution is -2.38. The van der Waals surface area contributed by atoms with Crippen molar-refractivity contribution in [1.29, 1.82) is 0 Å². The number of piperidine rings is 1. The lowest BCUT2D eigenvalue weighted by atomic mass is 10.0. The highest BCUT2D eigenvalue weighted by molar-refractivity contribution is 7.13. The number of carbonyl (C=O) groups excluding carboxylic acids is 2. The average molecular weight is 316 g/mol. The van der Waals surface area contributed by atoms with Gasteiger partial charge in [0, 0.05) is 25.9 Å². The van der Waals surface area contributed by atoms with E-state index in [2.05, 4.69) is 10.3 Å². The molecular formula is C13H18ClN3O2S. The van der Waals surface area contributed by atoms with Crippen molar-refractivity contribution in [2.75, 3.05) is 19.5 Å². The standard InChI is InChI=1S/C13H18ClN3O2S/c1-15-12(19)10-8-16-13(20-10)9-4-2-3-7-17(9)11(18)5-6-14/h8-9H,2-7H2,1H3,(H,15,19). The molecule has 0 bridgehead atoms. The number of nitrogens with one attached hydrogen (secondary N) is 1. The molecule has 1 saturated heterocycles. The Hall–Kier alpha value is -1.14. The fourth-order valence-electron chi connectivity index (χ4n) is 2.38. The van der Waals surface area contributed by atoms with Gasteiger partial charge in [-0.25, -0.2) is 4.98 Å². The molecule has 0 saturated carbocycles. The minimum absolute atomic E-state index is 0.0112. The topological polar surface area (TPSA) is 62.3 Å². The number of halogens is 1. The molecule has 5 nitrogen and oxygen atoms in total. The molecule has 2 amide bonds. The first kappa shape index (κ1) is 15.3. The normalized spacial score (nSPS) is 18.9. The zero-order valence-corrected chi connectivity index (χ0v) is 13.0. The highest BCUT2D eigenvalue weighted by Gasteiger charge is 2.30. The number of aromatic nitrogens is 1. The fourth-order valence-corrected chi connectivity index (χ4v) is 3.55. The number of likely N-dealkylation sites (tertiary alicyclic amines) is 1. The Balaban J connectivity index is 2.17. The molecule has 0 aliphatic carbocycles. The van der Waals surface area contributed by atoms with E-state index in [1.54, 1.807) is 13.2 Å². The van der Waals surface area contributed by atoms with Crippen LogP contribution in [0.1, 0.15) is 46.4 Å². The fraction of sp³-hybridized carbons (Fsp3) is 0.615. The Labute approximate surface area is 127 Å². The van der Waals surface area contributed by atoms with E-state index in [-0.39, 0.29) is 17.9 Å². The molecule has 0 aromatic carbocycles. The largest absolute Gasteiger partial charge is 0.354 e. The van der Waals surface area contributed by atoms with Gasteiger partial charge in [-0.05, 0) is 19.3 Å². The smallest absolute Gasteiger partial charge is 0.262 e. The van der Waals surface area contributed by atoms with Crippen LogP contribution in [0.5, 0.6) is 0 Å². The van der Waals surface area contributed by atoms with Crippen molar-refractivity contribution in [3.63, 3.8) is 0 Å². The first-order valence-electron chi connectivity index (χ1n) is 6.70. The molecule has 0 spiro atoms. The molecule has 1 aromatic heterocycles. The Bertz CT molecular complexity index is 492. The van der Waals surface area contributed by atoms with Crippen molar-refractivity contribution in [2.24, 2.45) is 0 Å². The van der Waals surface area contributed by atoms with E-state index in [0.29, 0.717) is 17.2 Å². The maximum absolute atomic E-state index is 12.1. The van der Waals surface area contributed by atoms with Gasteiger partial charge in [-0.3, -0.25) is 9.59 Å². The number of alkyl halides is 1. The van der Waals surface area contributed by atoms with Crippen molar-refractivity contribution in [1.82, 2.24) is 15.2 Å². The van der Waals surface area contributed by atoms with Crippen LogP contribution in [0.3, 0.4) is 0 Å². The summed E-state index contributed by atoms with van der Waals surface area (Å²) in [4.78, 5) is 30.5. The van der Waals surface area contributed by atoms with Gasteiger partial charge in [-0.2, -0.15) is 0 Å². The van der Waals surface area contributed by atoms with Gasteiger partial charge >= 0.3 is 0 Å². The molecule has 1 unspecified atom stereocenters. The van der Waals surface area contributed by atoms with Gasteiger partial charge in [0.15, 0.2) is 0 Å². The lowest BCUT2D eigenvalue weighted by molar-refractivity contribution is -0.134. The van der Waals surface area contributed by atoms with Gasteiger partial charge < -0.3 is 10.2 Å². The first-order valence-corrected chi connectivity index (χ1v) is 8.05. The Morgan fingerprint density at radius 2 is 2.35 bits per heavy atom. The zero-order chi connectivity index (χ0) is 14.5. The van der Waals surface area contributed by atoms with Crippen LogP contribution in [0.4, 0.5) is 0 Å². The van der Waals surface area contributed by atoms with Crippen molar-refractivity contribution >= 4 is 34.8 Å². The van der Waals surface area contributed by atoms with E-state index in [1.807, 2.05) is 4.90 Å². The van der Waals surface area contributed by atoms with E-state index < -0.39 is 0 Å². The van der Waals surface area contributed by atoms with Crippen LogP contribution in [-0.4, -0.2) is 41.2 Å². The van der Waals surface area contributed by atoms with E-state index in [4.69, 9.17) is 11.6 Å². The van der Waals surface area contributed by atoms with E-state index in [9.17, 15) is 9.59 Å². The van der Waals surface area contributed by atoms with Gasteiger partial charge in [0.05, 0.1) is 12.2 Å². The van der Waals surface area contributed by atoms with Crippen LogP contribution in [0.25, 0.3) is 0 Å². The molecule has 1 fully saturated rings. The molecular weight excluding hydrogens is 298 g/mol. The van der Waals surface area contributed by atoms with E-state index >= 15 is 0 Å². The maximum Gasteiger partial charge on any atom is 0.262 e. The molecule has 7 heteroatoms. The van der Waals surface area contributed by atoms with Gasteiger partial charge in [0.1, 0.15) is 9.88 Å². The molecule has 1 aliphatic heterocycles. The minimum Gasteiger partial charge on any atom is -0.354 e. The number of thiazole rings is 1. The summed E-state index contributed by atoms with van der Waals surface area (Å²) >= 11 is 7.02. The summed E-state index contributed by atoms with van der Waals surface area (Å²) < 4.78 is 0. The number of hydrogen-bond acceptors (Lipinski definition) is 4. The number of amides is 2. The van der Waals surface area contributed by atoms with E-state index in [0.717, 1.165) is 30.8 Å². The lowest BCUT2D eigenvalue weighted by Gasteiger charge is -2.34. The van der Waals surface area contributed by atoms with Gasteiger partial charge in [-0.1, -0.05) is 0 Å². The summed E-state index contributed by atoms with van der Waals surface area (Å²) in [5.74, 6) is 0.272. The predicted octanol–water partition coefficient (Wildman–Crippen LogP) is 2.19. The first-order chi connectivity index (χ1) is 9.67. The van der Waals surface area contributed by atoms with Crippen LogP contribution in [-0.2, 0) is 4.79 Å². The minimum atomic E-state index is -0.136. The van der Waals surface area contributed by atoms with Crippen LogP contribution in [0.15, 0.2) is 6.20 Å². The Morgan fingerprint density at radius 1 is 1.55 bits per heavy atom. The zero-order valence-electron chi connectivity index (χ0n) is 11.4. The molecule has 1 aliphatic rings. The third-order valence-electron chi connectivity index (χ3n) is 3.39. The van der Waals surface area contributed by atoms with Crippen LogP contribution in [0, 0.1) is 0 Å². The summed E-state index contributed by atoms with van der Waals surface area (Å²) in [5, 5.41) is 3.42. The summed E-state index contributed by atoms with van der Waals surface area (Å²) in [5.41, 5.74) is 0. The summed E-state index contributed by atoms with van der Waals surface area (Å²) in [6.45, 7) is 0.745. The molecule has 1 aromatic rings. The highest BCUT2D eigenvalue weighted by Crippen LogP contribution is 2.33. The highest BCUT2D eigenvalue weighted by atomic mass is 35.5. The second kappa shape index (κ2) is 7.04. The van der Waals surface area contributed by atoms with Crippen LogP contribution < -0.4 is 5.32 Å². The molecule has 20 heavy (non-hydrogen) atoms. The number of hydrogen-bond donors (Lipinski definition) is 1. The molecule has 110 valence electrons. The van der Waals surface area contributed by atoms with Crippen molar-refractivity contribution in [3.8, 4) is 0 Å². The maximum atomic E-state index is 12.1. The van der Waals surface area contributed by atoms with Crippen molar-refractivity contribution in [3.05, 3.63) is 16.1 Å². The van der Waals surface area contributed by atoms with Crippen LogP contribution >= 0.6 is 22.9 Å². The molecule has 2 heterocycles. The third kappa shape index (κ3) is 3.30.